The van der Waals surface area contributed by atoms with E-state index in [-0.39, 0.29) is 18.8 Å². The number of rotatable bonds is 3. The average molecular weight is 269 g/mol. The van der Waals surface area contributed by atoms with Crippen LogP contribution in [0.5, 0.6) is 0 Å². The van der Waals surface area contributed by atoms with Crippen LogP contribution < -0.4 is 4.90 Å². The smallest absolute Gasteiger partial charge is 0.131 e. The summed E-state index contributed by atoms with van der Waals surface area (Å²) in [4.78, 5) is 1.96. The normalized spacial score (nSPS) is 25.4. The van der Waals surface area contributed by atoms with Crippen LogP contribution in [0.4, 0.5) is 10.1 Å². The molecule has 1 aliphatic heterocycles. The fraction of sp³-hybridized carbons (Fsp3) is 0.571. The van der Waals surface area contributed by atoms with Crippen LogP contribution in [0.1, 0.15) is 25.5 Å². The van der Waals surface area contributed by atoms with Crippen LogP contribution in [0.3, 0.4) is 0 Å². The van der Waals surface area contributed by atoms with E-state index in [1.807, 2.05) is 11.8 Å². The summed E-state index contributed by atoms with van der Waals surface area (Å²) in [5.41, 5.74) is 0.969. The Bertz CT molecular complexity index is 439. The van der Waals surface area contributed by atoms with E-state index in [0.29, 0.717) is 24.3 Å². The highest BCUT2D eigenvalue weighted by atomic mass is 19.1. The number of hydrogen-bond acceptors (Lipinski definition) is 4. The van der Waals surface area contributed by atoms with Crippen molar-refractivity contribution in [3.05, 3.63) is 29.6 Å². The third kappa shape index (κ3) is 3.05. The fourth-order valence-electron chi connectivity index (χ4n) is 2.56. The van der Waals surface area contributed by atoms with Gasteiger partial charge in [0.15, 0.2) is 0 Å². The summed E-state index contributed by atoms with van der Waals surface area (Å²) in [5.74, 6) is -0.410. The van der Waals surface area contributed by atoms with Crippen molar-refractivity contribution in [2.45, 2.75) is 32.2 Å². The molecule has 2 N–H and O–H groups in total. The zero-order valence-corrected chi connectivity index (χ0v) is 11.2. The molecule has 3 unspecified atom stereocenters. The standard InChI is InChI=1S/C14H20FNO3/c1-9-6-16(7-11(8-17)19-9)13-5-3-4-12(15)14(13)10(2)18/h3-5,9-11,17-18H,6-8H2,1-2H3. The van der Waals surface area contributed by atoms with Crippen molar-refractivity contribution in [3.8, 4) is 0 Å². The number of halogens is 1. The molecule has 0 amide bonds. The molecule has 3 atom stereocenters. The van der Waals surface area contributed by atoms with Crippen LogP contribution in [-0.2, 0) is 4.74 Å². The number of aliphatic hydroxyl groups is 2. The van der Waals surface area contributed by atoms with Gasteiger partial charge in [-0.3, -0.25) is 0 Å². The first-order valence-electron chi connectivity index (χ1n) is 6.50. The van der Waals surface area contributed by atoms with Crippen molar-refractivity contribution >= 4 is 5.69 Å². The van der Waals surface area contributed by atoms with Crippen LogP contribution in [0.25, 0.3) is 0 Å². The van der Waals surface area contributed by atoms with E-state index in [0.717, 1.165) is 0 Å². The van der Waals surface area contributed by atoms with E-state index in [9.17, 15) is 14.6 Å². The van der Waals surface area contributed by atoms with E-state index in [2.05, 4.69) is 0 Å². The summed E-state index contributed by atoms with van der Waals surface area (Å²) in [6, 6.07) is 4.77. The maximum atomic E-state index is 13.9. The maximum absolute atomic E-state index is 13.9. The summed E-state index contributed by atoms with van der Waals surface area (Å²) < 4.78 is 19.4. The first kappa shape index (κ1) is 14.2. The Morgan fingerprint density at radius 2 is 2.21 bits per heavy atom. The van der Waals surface area contributed by atoms with Gasteiger partial charge in [0.05, 0.1) is 24.9 Å². The van der Waals surface area contributed by atoms with Crippen molar-refractivity contribution in [1.29, 1.82) is 0 Å². The van der Waals surface area contributed by atoms with Crippen LogP contribution in [-0.4, -0.2) is 42.1 Å². The lowest BCUT2D eigenvalue weighted by Gasteiger charge is -2.38. The molecule has 4 nitrogen and oxygen atoms in total. The number of morpholine rings is 1. The lowest BCUT2D eigenvalue weighted by molar-refractivity contribution is -0.0422. The molecule has 1 aliphatic rings. The van der Waals surface area contributed by atoms with Crippen molar-refractivity contribution in [1.82, 2.24) is 0 Å². The molecule has 1 fully saturated rings. The number of nitrogens with zero attached hydrogens (tertiary/aromatic N) is 1. The Morgan fingerprint density at radius 3 is 2.84 bits per heavy atom. The van der Waals surface area contributed by atoms with Gasteiger partial charge < -0.3 is 19.8 Å². The summed E-state index contributed by atoms with van der Waals surface area (Å²) in [5, 5.41) is 19.0. The van der Waals surface area contributed by atoms with Gasteiger partial charge in [0.2, 0.25) is 0 Å². The van der Waals surface area contributed by atoms with E-state index in [4.69, 9.17) is 4.74 Å². The molecular weight excluding hydrogens is 249 g/mol. The average Bonchev–Trinajstić information content (AvgIpc) is 2.37. The second kappa shape index (κ2) is 5.86. The number of aliphatic hydroxyl groups excluding tert-OH is 2. The van der Waals surface area contributed by atoms with Gasteiger partial charge in [0.25, 0.3) is 0 Å². The quantitative estimate of drug-likeness (QED) is 0.872. The molecule has 2 rings (SSSR count). The first-order chi connectivity index (χ1) is 9.02. The zero-order valence-electron chi connectivity index (χ0n) is 11.2. The van der Waals surface area contributed by atoms with Crippen LogP contribution >= 0.6 is 0 Å². The van der Waals surface area contributed by atoms with E-state index in [1.54, 1.807) is 19.1 Å². The SMILES string of the molecule is CC1CN(c2cccc(F)c2C(C)O)CC(CO)O1. The van der Waals surface area contributed by atoms with Gasteiger partial charge in [-0.1, -0.05) is 6.07 Å². The molecule has 0 aromatic heterocycles. The molecule has 1 saturated heterocycles. The lowest BCUT2D eigenvalue weighted by atomic mass is 10.0. The first-order valence-corrected chi connectivity index (χ1v) is 6.50. The molecule has 0 saturated carbocycles. The Morgan fingerprint density at radius 1 is 1.47 bits per heavy atom. The molecule has 1 heterocycles. The predicted octanol–water partition coefficient (Wildman–Crippen LogP) is 1.46. The predicted molar refractivity (Wildman–Crippen MR) is 70.7 cm³/mol. The van der Waals surface area contributed by atoms with Crippen LogP contribution in [0, 0.1) is 5.82 Å². The van der Waals surface area contributed by atoms with Gasteiger partial charge in [-0.05, 0) is 26.0 Å². The minimum Gasteiger partial charge on any atom is -0.394 e. The minimum atomic E-state index is -0.873. The highest BCUT2D eigenvalue weighted by Gasteiger charge is 2.27. The van der Waals surface area contributed by atoms with Gasteiger partial charge in [0, 0.05) is 24.3 Å². The zero-order chi connectivity index (χ0) is 14.0. The molecule has 0 aliphatic carbocycles. The van der Waals surface area contributed by atoms with Crippen LogP contribution in [0.2, 0.25) is 0 Å². The second-order valence-corrected chi connectivity index (χ2v) is 5.00. The molecule has 19 heavy (non-hydrogen) atoms. The van der Waals surface area contributed by atoms with Gasteiger partial charge in [-0.25, -0.2) is 4.39 Å². The number of anilines is 1. The highest BCUT2D eigenvalue weighted by Crippen LogP contribution is 2.30. The van der Waals surface area contributed by atoms with Gasteiger partial charge >= 0.3 is 0 Å². The van der Waals surface area contributed by atoms with E-state index < -0.39 is 11.9 Å². The molecular formula is C14H20FNO3. The van der Waals surface area contributed by atoms with Gasteiger partial charge in [-0.15, -0.1) is 0 Å². The Hall–Kier alpha value is -1.17. The lowest BCUT2D eigenvalue weighted by Crippen LogP contribution is -2.48. The topological polar surface area (TPSA) is 52.9 Å². The van der Waals surface area contributed by atoms with Crippen molar-refractivity contribution < 1.29 is 19.3 Å². The molecule has 0 radical (unpaired) electrons. The molecule has 1 aromatic rings. The fourth-order valence-corrected chi connectivity index (χ4v) is 2.56. The van der Waals surface area contributed by atoms with E-state index >= 15 is 0 Å². The third-order valence-electron chi connectivity index (χ3n) is 3.32. The third-order valence-corrected chi connectivity index (χ3v) is 3.32. The molecule has 106 valence electrons. The van der Waals surface area contributed by atoms with Gasteiger partial charge in [0.1, 0.15) is 5.82 Å². The summed E-state index contributed by atoms with van der Waals surface area (Å²) in [6.07, 6.45) is -1.20. The molecule has 5 heteroatoms. The molecule has 1 aromatic carbocycles. The molecule has 0 bridgehead atoms. The monoisotopic (exact) mass is 269 g/mol. The molecule has 0 spiro atoms. The number of benzene rings is 1. The Labute approximate surface area is 112 Å². The summed E-state index contributed by atoms with van der Waals surface area (Å²) in [6.45, 7) is 4.50. The summed E-state index contributed by atoms with van der Waals surface area (Å²) >= 11 is 0. The van der Waals surface area contributed by atoms with E-state index in [1.165, 1.54) is 6.07 Å². The number of hydrogen-bond donors (Lipinski definition) is 2. The maximum Gasteiger partial charge on any atom is 0.131 e. The van der Waals surface area contributed by atoms with Crippen molar-refractivity contribution in [2.24, 2.45) is 0 Å². The Kier molecular flexibility index (Phi) is 4.39. The van der Waals surface area contributed by atoms with Crippen molar-refractivity contribution in [3.63, 3.8) is 0 Å². The van der Waals surface area contributed by atoms with Crippen molar-refractivity contribution in [2.75, 3.05) is 24.6 Å². The Balaban J connectivity index is 2.33. The number of ether oxygens (including phenoxy) is 1. The summed E-state index contributed by atoms with van der Waals surface area (Å²) in [7, 11) is 0. The largest absolute Gasteiger partial charge is 0.394 e. The minimum absolute atomic E-state index is 0.0454. The highest BCUT2D eigenvalue weighted by molar-refractivity contribution is 5.55. The van der Waals surface area contributed by atoms with Crippen LogP contribution in [0.15, 0.2) is 18.2 Å². The van der Waals surface area contributed by atoms with Gasteiger partial charge in [-0.2, -0.15) is 0 Å². The second-order valence-electron chi connectivity index (χ2n) is 5.00.